The maximum atomic E-state index is 12.7. The smallest absolute Gasteiger partial charge is 0.197 e. The third-order valence-electron chi connectivity index (χ3n) is 3.19. The summed E-state index contributed by atoms with van der Waals surface area (Å²) < 4.78 is 5.55. The first-order chi connectivity index (χ1) is 9.52. The van der Waals surface area contributed by atoms with Crippen molar-refractivity contribution in [2.75, 3.05) is 12.3 Å². The Morgan fingerprint density at radius 2 is 1.85 bits per heavy atom. The van der Waals surface area contributed by atoms with Crippen LogP contribution in [0, 0.1) is 13.8 Å². The van der Waals surface area contributed by atoms with Crippen molar-refractivity contribution in [3.63, 3.8) is 0 Å². The van der Waals surface area contributed by atoms with E-state index in [4.69, 9.17) is 10.5 Å². The zero-order chi connectivity index (χ0) is 14.7. The van der Waals surface area contributed by atoms with Crippen LogP contribution in [0.4, 0.5) is 5.69 Å². The number of nitrogen functional groups attached to an aromatic ring is 1. The number of rotatable bonds is 4. The van der Waals surface area contributed by atoms with Crippen LogP contribution >= 0.6 is 0 Å². The highest BCUT2D eigenvalue weighted by molar-refractivity contribution is 6.12. The summed E-state index contributed by atoms with van der Waals surface area (Å²) in [6.07, 6.45) is 0. The minimum Gasteiger partial charge on any atom is -0.493 e. The Bertz CT molecular complexity index is 647. The van der Waals surface area contributed by atoms with Gasteiger partial charge in [0.2, 0.25) is 0 Å². The Hall–Kier alpha value is -2.29. The Morgan fingerprint density at radius 3 is 2.55 bits per heavy atom. The van der Waals surface area contributed by atoms with Gasteiger partial charge < -0.3 is 10.5 Å². The van der Waals surface area contributed by atoms with Gasteiger partial charge in [0.15, 0.2) is 5.78 Å². The van der Waals surface area contributed by atoms with Gasteiger partial charge in [0.05, 0.1) is 12.2 Å². The summed E-state index contributed by atoms with van der Waals surface area (Å²) in [7, 11) is 0. The summed E-state index contributed by atoms with van der Waals surface area (Å²) in [6.45, 7) is 6.29. The number of nitrogens with two attached hydrogens (primary N) is 1. The predicted molar refractivity (Wildman–Crippen MR) is 81.4 cm³/mol. The van der Waals surface area contributed by atoms with E-state index < -0.39 is 0 Å². The molecule has 0 spiro atoms. The number of carbonyl (C=O) groups excluding carboxylic acids is 1. The zero-order valence-electron chi connectivity index (χ0n) is 12.1. The van der Waals surface area contributed by atoms with E-state index in [2.05, 4.69) is 0 Å². The molecule has 0 unspecified atom stereocenters. The molecule has 0 heterocycles. The summed E-state index contributed by atoms with van der Waals surface area (Å²) in [5.41, 5.74) is 9.52. The molecule has 3 heteroatoms. The van der Waals surface area contributed by atoms with Crippen molar-refractivity contribution in [3.8, 4) is 5.75 Å². The molecule has 0 atom stereocenters. The summed E-state index contributed by atoms with van der Waals surface area (Å²) in [6, 6.07) is 11.0. The molecule has 0 aliphatic carbocycles. The zero-order valence-corrected chi connectivity index (χ0v) is 12.1. The van der Waals surface area contributed by atoms with Gasteiger partial charge in [-0.15, -0.1) is 0 Å². The highest BCUT2D eigenvalue weighted by Gasteiger charge is 2.17. The fraction of sp³-hybridized carbons (Fsp3) is 0.235. The van der Waals surface area contributed by atoms with E-state index in [0.717, 1.165) is 11.1 Å². The quantitative estimate of drug-likeness (QED) is 0.682. The Balaban J connectivity index is 2.52. The second kappa shape index (κ2) is 5.78. The Morgan fingerprint density at radius 1 is 1.10 bits per heavy atom. The summed E-state index contributed by atoms with van der Waals surface area (Å²) in [4.78, 5) is 12.7. The van der Waals surface area contributed by atoms with E-state index in [1.54, 1.807) is 12.1 Å². The minimum atomic E-state index is -0.0537. The van der Waals surface area contributed by atoms with Crippen LogP contribution in [0.5, 0.6) is 5.75 Å². The monoisotopic (exact) mass is 269 g/mol. The first-order valence-corrected chi connectivity index (χ1v) is 6.67. The van der Waals surface area contributed by atoms with Gasteiger partial charge in [0.1, 0.15) is 5.75 Å². The number of hydrogen-bond acceptors (Lipinski definition) is 3. The standard InChI is InChI=1S/C17H19NO2/c1-4-20-16-8-5-11(2)9-15(16)17(19)14-10-13(18)7-6-12(14)3/h5-10H,4,18H2,1-3H3. The summed E-state index contributed by atoms with van der Waals surface area (Å²) in [5, 5.41) is 0. The number of ketones is 1. The van der Waals surface area contributed by atoms with Crippen LogP contribution in [0.1, 0.15) is 34.0 Å². The Labute approximate surface area is 119 Å². The molecular weight excluding hydrogens is 250 g/mol. The van der Waals surface area contributed by atoms with Crippen LogP contribution in [0.2, 0.25) is 0 Å². The van der Waals surface area contributed by atoms with E-state index in [9.17, 15) is 4.79 Å². The molecule has 0 saturated carbocycles. The number of benzene rings is 2. The molecule has 2 aromatic rings. The Kier molecular flexibility index (Phi) is 4.08. The normalized spacial score (nSPS) is 10.3. The van der Waals surface area contributed by atoms with Gasteiger partial charge in [0.25, 0.3) is 0 Å². The molecule has 0 aromatic heterocycles. The molecule has 2 aromatic carbocycles. The molecule has 0 fully saturated rings. The van der Waals surface area contributed by atoms with Crippen LogP contribution in [-0.2, 0) is 0 Å². The van der Waals surface area contributed by atoms with Crippen molar-refractivity contribution in [1.29, 1.82) is 0 Å². The lowest BCUT2D eigenvalue weighted by molar-refractivity contribution is 0.103. The molecule has 0 saturated heterocycles. The van der Waals surface area contributed by atoms with Crippen molar-refractivity contribution in [1.82, 2.24) is 0 Å². The SMILES string of the molecule is CCOc1ccc(C)cc1C(=O)c1cc(N)ccc1C. The maximum Gasteiger partial charge on any atom is 0.197 e. The van der Waals surface area contributed by atoms with Crippen molar-refractivity contribution in [3.05, 3.63) is 58.7 Å². The van der Waals surface area contributed by atoms with Gasteiger partial charge in [0, 0.05) is 11.3 Å². The van der Waals surface area contributed by atoms with Gasteiger partial charge in [-0.3, -0.25) is 4.79 Å². The van der Waals surface area contributed by atoms with Gasteiger partial charge in [-0.25, -0.2) is 0 Å². The van der Waals surface area contributed by atoms with Crippen LogP contribution in [-0.4, -0.2) is 12.4 Å². The largest absolute Gasteiger partial charge is 0.493 e. The van der Waals surface area contributed by atoms with Crippen LogP contribution in [0.25, 0.3) is 0 Å². The molecule has 104 valence electrons. The molecule has 0 amide bonds. The number of carbonyl (C=O) groups is 1. The topological polar surface area (TPSA) is 52.3 Å². The van der Waals surface area contributed by atoms with E-state index >= 15 is 0 Å². The summed E-state index contributed by atoms with van der Waals surface area (Å²) >= 11 is 0. The molecule has 0 radical (unpaired) electrons. The average Bonchev–Trinajstić information content (AvgIpc) is 2.43. The number of anilines is 1. The van der Waals surface area contributed by atoms with Gasteiger partial charge >= 0.3 is 0 Å². The average molecular weight is 269 g/mol. The molecule has 0 bridgehead atoms. The lowest BCUT2D eigenvalue weighted by atomic mass is 9.97. The maximum absolute atomic E-state index is 12.7. The second-order valence-electron chi connectivity index (χ2n) is 4.84. The lowest BCUT2D eigenvalue weighted by Crippen LogP contribution is -2.08. The predicted octanol–water partition coefficient (Wildman–Crippen LogP) is 3.52. The fourth-order valence-corrected chi connectivity index (χ4v) is 2.13. The fourth-order valence-electron chi connectivity index (χ4n) is 2.13. The molecule has 2 rings (SSSR count). The molecular formula is C17H19NO2. The van der Waals surface area contributed by atoms with Crippen molar-refractivity contribution < 1.29 is 9.53 Å². The summed E-state index contributed by atoms with van der Waals surface area (Å²) in [5.74, 6) is 0.562. The van der Waals surface area contributed by atoms with Gasteiger partial charge in [-0.1, -0.05) is 17.7 Å². The van der Waals surface area contributed by atoms with E-state index in [1.165, 1.54) is 0 Å². The first kappa shape index (κ1) is 14.1. The van der Waals surface area contributed by atoms with Crippen LogP contribution < -0.4 is 10.5 Å². The van der Waals surface area contributed by atoms with Crippen LogP contribution in [0.15, 0.2) is 36.4 Å². The number of hydrogen-bond donors (Lipinski definition) is 1. The lowest BCUT2D eigenvalue weighted by Gasteiger charge is -2.12. The van der Waals surface area contributed by atoms with Gasteiger partial charge in [-0.05, 0) is 50.6 Å². The highest BCUT2D eigenvalue weighted by Crippen LogP contribution is 2.25. The third kappa shape index (κ3) is 2.82. The number of aryl methyl sites for hydroxylation is 2. The second-order valence-corrected chi connectivity index (χ2v) is 4.84. The highest BCUT2D eigenvalue weighted by atomic mass is 16.5. The third-order valence-corrected chi connectivity index (χ3v) is 3.19. The van der Waals surface area contributed by atoms with Crippen molar-refractivity contribution >= 4 is 11.5 Å². The molecule has 0 aliphatic rings. The number of ether oxygens (including phenoxy) is 1. The van der Waals surface area contributed by atoms with E-state index in [-0.39, 0.29) is 5.78 Å². The van der Waals surface area contributed by atoms with Crippen molar-refractivity contribution in [2.45, 2.75) is 20.8 Å². The molecule has 2 N–H and O–H groups in total. The molecule has 0 aliphatic heterocycles. The minimum absolute atomic E-state index is 0.0537. The van der Waals surface area contributed by atoms with Crippen LogP contribution in [0.3, 0.4) is 0 Å². The molecule has 3 nitrogen and oxygen atoms in total. The van der Waals surface area contributed by atoms with Crippen molar-refractivity contribution in [2.24, 2.45) is 0 Å². The van der Waals surface area contributed by atoms with Gasteiger partial charge in [-0.2, -0.15) is 0 Å². The van der Waals surface area contributed by atoms with E-state index in [0.29, 0.717) is 29.2 Å². The first-order valence-electron chi connectivity index (χ1n) is 6.67. The molecule has 20 heavy (non-hydrogen) atoms. The van der Waals surface area contributed by atoms with E-state index in [1.807, 2.05) is 45.0 Å².